The van der Waals surface area contributed by atoms with Crippen LogP contribution in [0.25, 0.3) is 21.5 Å². The third kappa shape index (κ3) is 3.55. The highest BCUT2D eigenvalue weighted by molar-refractivity contribution is 7.17. The van der Waals surface area contributed by atoms with Gasteiger partial charge in [0.2, 0.25) is 0 Å². The maximum absolute atomic E-state index is 10.3. The van der Waals surface area contributed by atoms with Crippen molar-refractivity contribution in [2.24, 2.45) is 0 Å². The van der Waals surface area contributed by atoms with E-state index in [1.807, 2.05) is 37.4 Å². The summed E-state index contributed by atoms with van der Waals surface area (Å²) in [5.74, 6) is 0.166. The number of aromatic nitrogens is 1. The van der Waals surface area contributed by atoms with Gasteiger partial charge in [-0.25, -0.2) is 0 Å². The Morgan fingerprint density at radius 1 is 1.30 bits per heavy atom. The molecule has 0 amide bonds. The monoisotopic (exact) mass is 332 g/mol. The molecule has 0 aliphatic heterocycles. The van der Waals surface area contributed by atoms with E-state index in [1.54, 1.807) is 17.4 Å². The van der Waals surface area contributed by atoms with Crippen molar-refractivity contribution in [2.75, 3.05) is 6.54 Å². The van der Waals surface area contributed by atoms with Crippen LogP contribution in [0.5, 0.6) is 5.75 Å². The molecule has 1 unspecified atom stereocenters. The number of benzene rings is 1. The summed E-state index contributed by atoms with van der Waals surface area (Å²) in [6.45, 7) is 4.56. The van der Waals surface area contributed by atoms with Crippen molar-refractivity contribution < 1.29 is 14.7 Å². The first kappa shape index (κ1) is 16.0. The number of aromatic hydroxyl groups is 1. The molecule has 23 heavy (non-hydrogen) atoms. The maximum atomic E-state index is 10.3. The van der Waals surface area contributed by atoms with E-state index < -0.39 is 6.10 Å². The van der Waals surface area contributed by atoms with E-state index in [4.69, 9.17) is 4.52 Å². The third-order valence-electron chi connectivity index (χ3n) is 3.66. The first-order valence-corrected chi connectivity index (χ1v) is 8.49. The molecule has 0 saturated heterocycles. The molecule has 3 N–H and O–H groups in total. The highest BCUT2D eigenvalue weighted by Crippen LogP contribution is 2.34. The van der Waals surface area contributed by atoms with Crippen molar-refractivity contribution in [2.45, 2.75) is 32.4 Å². The lowest BCUT2D eigenvalue weighted by Gasteiger charge is -2.15. The molecule has 3 aromatic rings. The molecule has 0 bridgehead atoms. The Morgan fingerprint density at radius 2 is 2.13 bits per heavy atom. The van der Waals surface area contributed by atoms with E-state index in [9.17, 15) is 10.2 Å². The van der Waals surface area contributed by atoms with Gasteiger partial charge >= 0.3 is 0 Å². The average Bonchev–Trinajstić information content (AvgIpc) is 3.10. The standard InChI is InChI=1S/C17H20N2O3S/c1-10(2)18-9-13(20)7-11-3-4-12(8-14(11)21)16-17-15(22-19-16)5-6-23-17/h3-6,8,10,13,18,20-21H,7,9H2,1-2H3. The summed E-state index contributed by atoms with van der Waals surface area (Å²) in [5.41, 5.74) is 3.02. The van der Waals surface area contributed by atoms with Crippen LogP contribution >= 0.6 is 11.3 Å². The molecule has 0 aliphatic carbocycles. The van der Waals surface area contributed by atoms with E-state index in [0.29, 0.717) is 19.0 Å². The van der Waals surface area contributed by atoms with Gasteiger partial charge in [0.15, 0.2) is 5.58 Å². The van der Waals surface area contributed by atoms with Crippen LogP contribution < -0.4 is 5.32 Å². The summed E-state index contributed by atoms with van der Waals surface area (Å²) in [4.78, 5) is 0. The van der Waals surface area contributed by atoms with Crippen LogP contribution in [0.1, 0.15) is 19.4 Å². The third-order valence-corrected chi connectivity index (χ3v) is 4.56. The number of nitrogens with zero attached hydrogens (tertiary/aromatic N) is 1. The van der Waals surface area contributed by atoms with Gasteiger partial charge in [0.25, 0.3) is 0 Å². The Kier molecular flexibility index (Phi) is 4.66. The number of fused-ring (bicyclic) bond motifs is 1. The second-order valence-electron chi connectivity index (χ2n) is 5.91. The first-order chi connectivity index (χ1) is 11.0. The number of nitrogens with one attached hydrogen (secondary N) is 1. The molecule has 1 aromatic carbocycles. The van der Waals surface area contributed by atoms with E-state index in [2.05, 4.69) is 10.5 Å². The van der Waals surface area contributed by atoms with Crippen LogP contribution in [-0.2, 0) is 6.42 Å². The van der Waals surface area contributed by atoms with Crippen LogP contribution in [0.15, 0.2) is 34.2 Å². The number of rotatable bonds is 6. The predicted octanol–water partition coefficient (Wildman–Crippen LogP) is 3.16. The van der Waals surface area contributed by atoms with Crippen LogP contribution in [0.4, 0.5) is 0 Å². The van der Waals surface area contributed by atoms with Gasteiger partial charge in [-0.15, -0.1) is 11.3 Å². The largest absolute Gasteiger partial charge is 0.508 e. The molecular formula is C17H20N2O3S. The lowest BCUT2D eigenvalue weighted by atomic mass is 10.0. The average molecular weight is 332 g/mol. The summed E-state index contributed by atoms with van der Waals surface area (Å²) >= 11 is 1.56. The van der Waals surface area contributed by atoms with Gasteiger partial charge < -0.3 is 20.1 Å². The lowest BCUT2D eigenvalue weighted by Crippen LogP contribution is -2.33. The summed E-state index contributed by atoms with van der Waals surface area (Å²) in [5, 5.41) is 29.5. The van der Waals surface area contributed by atoms with Crippen molar-refractivity contribution in [1.29, 1.82) is 0 Å². The molecule has 1 atom stereocenters. The number of phenols is 1. The Hall–Kier alpha value is -1.89. The van der Waals surface area contributed by atoms with Gasteiger partial charge in [-0.2, -0.15) is 0 Å². The molecule has 0 saturated carbocycles. The number of aliphatic hydroxyl groups excluding tert-OH is 1. The van der Waals surface area contributed by atoms with E-state index in [1.165, 1.54) is 0 Å². The lowest BCUT2D eigenvalue weighted by molar-refractivity contribution is 0.168. The van der Waals surface area contributed by atoms with Gasteiger partial charge in [-0.05, 0) is 23.1 Å². The highest BCUT2D eigenvalue weighted by atomic mass is 32.1. The molecular weight excluding hydrogens is 312 g/mol. The Bertz CT molecular complexity index is 794. The van der Waals surface area contributed by atoms with Crippen LogP contribution in [0.2, 0.25) is 0 Å². The first-order valence-electron chi connectivity index (χ1n) is 7.61. The number of phenolic OH excluding ortho intramolecular Hbond substituents is 1. The number of thiophene rings is 1. The zero-order valence-electron chi connectivity index (χ0n) is 13.1. The minimum atomic E-state index is -0.537. The normalized spacial score (nSPS) is 13.0. The van der Waals surface area contributed by atoms with Gasteiger partial charge in [0, 0.05) is 24.6 Å². The van der Waals surface area contributed by atoms with Crippen LogP contribution in [0, 0.1) is 0 Å². The number of hydrogen-bond acceptors (Lipinski definition) is 6. The Morgan fingerprint density at radius 3 is 2.87 bits per heavy atom. The second kappa shape index (κ2) is 6.70. The molecule has 0 spiro atoms. The fourth-order valence-corrected chi connectivity index (χ4v) is 3.26. The van der Waals surface area contributed by atoms with Gasteiger partial charge in [0.05, 0.1) is 6.10 Å². The molecule has 6 heteroatoms. The molecule has 0 radical (unpaired) electrons. The molecule has 0 fully saturated rings. The molecule has 3 rings (SSSR count). The minimum absolute atomic E-state index is 0.166. The van der Waals surface area contributed by atoms with Crippen molar-refractivity contribution in [3.8, 4) is 17.0 Å². The van der Waals surface area contributed by atoms with Crippen molar-refractivity contribution in [1.82, 2.24) is 10.5 Å². The predicted molar refractivity (Wildman–Crippen MR) is 91.8 cm³/mol. The highest BCUT2D eigenvalue weighted by Gasteiger charge is 2.15. The second-order valence-corrected chi connectivity index (χ2v) is 6.83. The molecule has 0 aliphatic rings. The van der Waals surface area contributed by atoms with Gasteiger partial charge in [-0.1, -0.05) is 31.1 Å². The SMILES string of the molecule is CC(C)NCC(O)Cc1ccc(-c2noc3ccsc23)cc1O. The smallest absolute Gasteiger partial charge is 0.178 e. The maximum Gasteiger partial charge on any atom is 0.178 e. The van der Waals surface area contributed by atoms with Crippen molar-refractivity contribution in [3.63, 3.8) is 0 Å². The molecule has 5 nitrogen and oxygen atoms in total. The topological polar surface area (TPSA) is 78.5 Å². The van der Waals surface area contributed by atoms with Gasteiger partial charge in [0.1, 0.15) is 16.1 Å². The van der Waals surface area contributed by atoms with E-state index in [-0.39, 0.29) is 5.75 Å². The van der Waals surface area contributed by atoms with Gasteiger partial charge in [-0.3, -0.25) is 0 Å². The summed E-state index contributed by atoms with van der Waals surface area (Å²) in [6.07, 6.45) is -0.135. The summed E-state index contributed by atoms with van der Waals surface area (Å²) in [7, 11) is 0. The van der Waals surface area contributed by atoms with Crippen molar-refractivity contribution >= 4 is 21.6 Å². The molecule has 122 valence electrons. The summed E-state index contributed by atoms with van der Waals surface area (Å²) in [6, 6.07) is 7.60. The zero-order valence-corrected chi connectivity index (χ0v) is 13.9. The number of aliphatic hydroxyl groups is 1. The minimum Gasteiger partial charge on any atom is -0.508 e. The fourth-order valence-electron chi connectivity index (χ4n) is 2.44. The van der Waals surface area contributed by atoms with Crippen LogP contribution in [0.3, 0.4) is 0 Å². The van der Waals surface area contributed by atoms with Crippen molar-refractivity contribution in [3.05, 3.63) is 35.2 Å². The zero-order chi connectivity index (χ0) is 16.4. The Balaban J connectivity index is 1.77. The van der Waals surface area contributed by atoms with Crippen LogP contribution in [-0.4, -0.2) is 34.1 Å². The Labute approximate surface area is 138 Å². The number of hydrogen-bond donors (Lipinski definition) is 3. The van der Waals surface area contributed by atoms with E-state index in [0.717, 1.165) is 27.1 Å². The quantitative estimate of drug-likeness (QED) is 0.646. The summed E-state index contributed by atoms with van der Waals surface area (Å²) < 4.78 is 6.23. The molecule has 2 heterocycles. The fraction of sp³-hybridized carbons (Fsp3) is 0.353. The molecule has 2 aromatic heterocycles. The van der Waals surface area contributed by atoms with E-state index >= 15 is 0 Å².